The lowest BCUT2D eigenvalue weighted by Gasteiger charge is -2.06. The molecule has 4 rings (SSSR count). The van der Waals surface area contributed by atoms with E-state index in [1.807, 2.05) is 32.0 Å². The summed E-state index contributed by atoms with van der Waals surface area (Å²) in [6.07, 6.45) is 3.24. The summed E-state index contributed by atoms with van der Waals surface area (Å²) in [6.45, 7) is 4.24. The number of nitrogens with one attached hydrogen (secondary N) is 1. The second-order valence-corrected chi connectivity index (χ2v) is 6.10. The van der Waals surface area contributed by atoms with Gasteiger partial charge in [0.05, 0.1) is 12.0 Å². The maximum absolute atomic E-state index is 12.2. The third kappa shape index (κ3) is 3.50. The highest BCUT2D eigenvalue weighted by atomic mass is 16.5. The van der Waals surface area contributed by atoms with E-state index >= 15 is 0 Å². The second kappa shape index (κ2) is 6.91. The Bertz CT molecular complexity index is 1060. The number of hydrogen-bond donors (Lipinski definition) is 1. The summed E-state index contributed by atoms with van der Waals surface area (Å²) in [6, 6.07) is 10.8. The largest absolute Gasteiger partial charge is 0.461 e. The van der Waals surface area contributed by atoms with E-state index in [0.29, 0.717) is 18.1 Å². The van der Waals surface area contributed by atoms with Crippen LogP contribution in [0, 0.1) is 13.8 Å². The Kier molecular flexibility index (Phi) is 4.29. The third-order valence-corrected chi connectivity index (χ3v) is 4.00. The van der Waals surface area contributed by atoms with E-state index in [1.165, 1.54) is 6.26 Å². The topological polar surface area (TPSA) is 99.0 Å². The molecule has 8 nitrogen and oxygen atoms in total. The van der Waals surface area contributed by atoms with Crippen molar-refractivity contribution >= 4 is 5.91 Å². The van der Waals surface area contributed by atoms with E-state index in [0.717, 1.165) is 22.8 Å². The summed E-state index contributed by atoms with van der Waals surface area (Å²) in [5.41, 5.74) is 3.00. The van der Waals surface area contributed by atoms with Crippen molar-refractivity contribution in [3.05, 3.63) is 71.5 Å². The molecule has 1 N–H and O–H groups in total. The van der Waals surface area contributed by atoms with E-state index in [9.17, 15) is 4.79 Å². The molecule has 0 aliphatic rings. The van der Waals surface area contributed by atoms with Crippen LogP contribution in [0.4, 0.5) is 0 Å². The normalized spacial score (nSPS) is 10.9. The highest BCUT2D eigenvalue weighted by Gasteiger charge is 2.15. The molecule has 4 aromatic heterocycles. The predicted molar refractivity (Wildman–Crippen MR) is 96.2 cm³/mol. The van der Waals surface area contributed by atoms with Crippen LogP contribution in [-0.2, 0) is 6.54 Å². The summed E-state index contributed by atoms with van der Waals surface area (Å²) in [5, 5.41) is 11.0. The van der Waals surface area contributed by atoms with Gasteiger partial charge in [0.15, 0.2) is 17.3 Å². The number of hydrogen-bond acceptors (Lipinski definition) is 6. The van der Waals surface area contributed by atoms with E-state index in [1.54, 1.807) is 29.1 Å². The maximum atomic E-state index is 12.2. The van der Waals surface area contributed by atoms with Crippen LogP contribution in [0.25, 0.3) is 17.3 Å². The molecule has 1 amide bonds. The van der Waals surface area contributed by atoms with Crippen LogP contribution in [0.1, 0.15) is 27.4 Å². The molecule has 0 atom stereocenters. The molecule has 0 fully saturated rings. The Labute approximate surface area is 154 Å². The molecular formula is C19H17N5O3. The first-order valence-corrected chi connectivity index (χ1v) is 8.37. The van der Waals surface area contributed by atoms with Crippen LogP contribution in [0.2, 0.25) is 0 Å². The van der Waals surface area contributed by atoms with Gasteiger partial charge in [-0.15, -0.1) is 0 Å². The molecule has 0 aliphatic heterocycles. The van der Waals surface area contributed by atoms with Gasteiger partial charge >= 0.3 is 0 Å². The highest BCUT2D eigenvalue weighted by molar-refractivity contribution is 5.92. The molecule has 0 aliphatic carbocycles. The Morgan fingerprint density at radius 2 is 2.07 bits per heavy atom. The number of nitrogens with zero attached hydrogens (tertiary/aromatic N) is 4. The molecular weight excluding hydrogens is 346 g/mol. The fourth-order valence-electron chi connectivity index (χ4n) is 2.70. The first-order valence-electron chi connectivity index (χ1n) is 8.37. The number of carbonyl (C=O) groups is 1. The Hall–Kier alpha value is -3.68. The third-order valence-electron chi connectivity index (χ3n) is 4.00. The average Bonchev–Trinajstić information content (AvgIpc) is 3.40. The molecule has 0 unspecified atom stereocenters. The van der Waals surface area contributed by atoms with Gasteiger partial charge in [-0.2, -0.15) is 5.10 Å². The molecule has 0 radical (unpaired) electrons. The van der Waals surface area contributed by atoms with Crippen LogP contribution in [0.5, 0.6) is 0 Å². The quantitative estimate of drug-likeness (QED) is 0.585. The highest BCUT2D eigenvalue weighted by Crippen LogP contribution is 2.20. The lowest BCUT2D eigenvalue weighted by Crippen LogP contribution is -2.23. The molecule has 0 saturated heterocycles. The van der Waals surface area contributed by atoms with E-state index < -0.39 is 0 Å². The summed E-state index contributed by atoms with van der Waals surface area (Å²) in [4.78, 5) is 16.7. The molecule has 8 heteroatoms. The van der Waals surface area contributed by atoms with Crippen LogP contribution >= 0.6 is 0 Å². The van der Waals surface area contributed by atoms with Crippen molar-refractivity contribution in [2.75, 3.05) is 0 Å². The molecule has 136 valence electrons. The fraction of sp³-hybridized carbons (Fsp3) is 0.158. The van der Waals surface area contributed by atoms with Gasteiger partial charge in [0.2, 0.25) is 5.76 Å². The summed E-state index contributed by atoms with van der Waals surface area (Å²) < 4.78 is 12.1. The van der Waals surface area contributed by atoms with Crippen LogP contribution in [0.3, 0.4) is 0 Å². The van der Waals surface area contributed by atoms with Gasteiger partial charge in [-0.25, -0.2) is 9.67 Å². The van der Waals surface area contributed by atoms with Crippen molar-refractivity contribution in [2.45, 2.75) is 20.4 Å². The van der Waals surface area contributed by atoms with E-state index in [4.69, 9.17) is 8.94 Å². The van der Waals surface area contributed by atoms with Gasteiger partial charge in [-0.1, -0.05) is 11.2 Å². The maximum Gasteiger partial charge on any atom is 0.273 e. The number of furan rings is 1. The standard InChI is InChI=1S/C19H17N5O3/c1-12-8-13(2)24(22-12)18-6-5-14(10-20-18)11-21-19(25)15-9-17(27-23-15)16-4-3-7-26-16/h3-10H,11H2,1-2H3,(H,21,25). The zero-order valence-corrected chi connectivity index (χ0v) is 14.8. The van der Waals surface area contributed by atoms with Crippen molar-refractivity contribution in [1.29, 1.82) is 0 Å². The SMILES string of the molecule is Cc1cc(C)n(-c2ccc(CNC(=O)c3cc(-c4ccco4)on3)cn2)n1. The van der Waals surface area contributed by atoms with E-state index in [2.05, 4.69) is 20.6 Å². The number of carbonyl (C=O) groups excluding carboxylic acids is 1. The Morgan fingerprint density at radius 3 is 2.74 bits per heavy atom. The van der Waals surface area contributed by atoms with Crippen molar-refractivity contribution in [2.24, 2.45) is 0 Å². The molecule has 0 bridgehead atoms. The molecule has 4 heterocycles. The zero-order valence-electron chi connectivity index (χ0n) is 14.8. The minimum absolute atomic E-state index is 0.189. The van der Waals surface area contributed by atoms with Gasteiger partial charge in [0, 0.05) is 24.5 Å². The van der Waals surface area contributed by atoms with Crippen molar-refractivity contribution in [1.82, 2.24) is 25.2 Å². The minimum atomic E-state index is -0.334. The van der Waals surface area contributed by atoms with Crippen molar-refractivity contribution in [3.8, 4) is 17.3 Å². The first-order chi connectivity index (χ1) is 13.1. The van der Waals surface area contributed by atoms with E-state index in [-0.39, 0.29) is 11.6 Å². The van der Waals surface area contributed by atoms with Gasteiger partial charge in [0.1, 0.15) is 0 Å². The van der Waals surface area contributed by atoms with Crippen LogP contribution in [-0.4, -0.2) is 25.8 Å². The number of aryl methyl sites for hydroxylation is 2. The fourth-order valence-corrected chi connectivity index (χ4v) is 2.70. The molecule has 4 aromatic rings. The van der Waals surface area contributed by atoms with Crippen molar-refractivity contribution < 1.29 is 13.7 Å². The monoisotopic (exact) mass is 363 g/mol. The lowest BCUT2D eigenvalue weighted by atomic mass is 10.2. The molecule has 0 saturated carbocycles. The number of aromatic nitrogens is 4. The minimum Gasteiger partial charge on any atom is -0.461 e. The second-order valence-electron chi connectivity index (χ2n) is 6.10. The summed E-state index contributed by atoms with van der Waals surface area (Å²) in [5.74, 6) is 1.32. The van der Waals surface area contributed by atoms with Gasteiger partial charge in [-0.3, -0.25) is 4.79 Å². The summed E-state index contributed by atoms with van der Waals surface area (Å²) >= 11 is 0. The number of amides is 1. The predicted octanol–water partition coefficient (Wildman–Crippen LogP) is 3.06. The van der Waals surface area contributed by atoms with Crippen LogP contribution < -0.4 is 5.32 Å². The van der Waals surface area contributed by atoms with Crippen molar-refractivity contribution in [3.63, 3.8) is 0 Å². The summed E-state index contributed by atoms with van der Waals surface area (Å²) in [7, 11) is 0. The lowest BCUT2D eigenvalue weighted by molar-refractivity contribution is 0.0942. The molecule has 0 spiro atoms. The van der Waals surface area contributed by atoms with Gasteiger partial charge in [-0.05, 0) is 43.7 Å². The first kappa shape index (κ1) is 16.8. The molecule has 0 aromatic carbocycles. The Morgan fingerprint density at radius 1 is 1.19 bits per heavy atom. The smallest absolute Gasteiger partial charge is 0.273 e. The van der Waals surface area contributed by atoms with Crippen LogP contribution in [0.15, 0.2) is 57.8 Å². The van der Waals surface area contributed by atoms with Gasteiger partial charge in [0.25, 0.3) is 5.91 Å². The average molecular weight is 363 g/mol. The Balaban J connectivity index is 1.40. The van der Waals surface area contributed by atoms with Gasteiger partial charge < -0.3 is 14.3 Å². The number of rotatable bonds is 5. The number of pyridine rings is 1. The zero-order chi connectivity index (χ0) is 18.8. The molecule has 27 heavy (non-hydrogen) atoms.